The third-order valence-corrected chi connectivity index (χ3v) is 10.6. The molecule has 2 atom stereocenters. The number of carbonyl (C=O) groups excluding carboxylic acids is 1. The molecule has 0 radical (unpaired) electrons. The van der Waals surface area contributed by atoms with Crippen LogP contribution in [-0.4, -0.2) is 43.7 Å². The van der Waals surface area contributed by atoms with Crippen LogP contribution in [0.4, 0.5) is 4.79 Å². The zero-order chi connectivity index (χ0) is 25.6. The van der Waals surface area contributed by atoms with Crippen LogP contribution in [0.3, 0.4) is 0 Å². The molecule has 0 saturated heterocycles. The predicted molar refractivity (Wildman–Crippen MR) is 138 cm³/mol. The molecular weight excluding hydrogens is 446 g/mol. The lowest BCUT2D eigenvalue weighted by Gasteiger charge is -2.43. The van der Waals surface area contributed by atoms with E-state index in [9.17, 15) is 14.7 Å². The van der Waals surface area contributed by atoms with Crippen LogP contribution in [0.2, 0.25) is 5.04 Å². The monoisotopic (exact) mass is 485 g/mol. The van der Waals surface area contributed by atoms with Crippen LogP contribution in [0.5, 0.6) is 0 Å². The van der Waals surface area contributed by atoms with Crippen molar-refractivity contribution in [2.24, 2.45) is 5.92 Å². The highest BCUT2D eigenvalue weighted by molar-refractivity contribution is 6.99. The molecular formula is C27H39NO5Si. The van der Waals surface area contributed by atoms with E-state index in [2.05, 4.69) is 50.4 Å². The standard InChI is InChI=1S/C27H39NO5Si/c1-20(18-23(24(29)30)28-25(31)33-26(2,3)4)19-32-34(27(5,6)7,21-14-10-8-11-15-21)22-16-12-9-13-17-22/h8-17,20,23H,18-19H2,1-7H3,(H,28,31)(H,29,30)/t20-,23-/m0/s1. The SMILES string of the molecule is C[C@H](CO[Si](c1ccccc1)(c1ccccc1)C(C)(C)C)C[C@H](NC(=O)OC(C)(C)C)C(=O)O. The molecule has 0 aliphatic heterocycles. The van der Waals surface area contributed by atoms with Crippen molar-refractivity contribution in [2.75, 3.05) is 6.61 Å². The van der Waals surface area contributed by atoms with E-state index in [0.717, 1.165) is 0 Å². The van der Waals surface area contributed by atoms with Crippen molar-refractivity contribution in [1.82, 2.24) is 5.32 Å². The number of rotatable bonds is 9. The normalized spacial score (nSPS) is 14.2. The second-order valence-corrected chi connectivity index (χ2v) is 15.2. The second-order valence-electron chi connectivity index (χ2n) is 10.9. The van der Waals surface area contributed by atoms with Gasteiger partial charge in [0.05, 0.1) is 0 Å². The Morgan fingerprint density at radius 3 is 1.76 bits per heavy atom. The van der Waals surface area contributed by atoms with Crippen LogP contribution in [0.15, 0.2) is 60.7 Å². The molecule has 186 valence electrons. The van der Waals surface area contributed by atoms with Crippen molar-refractivity contribution in [2.45, 2.75) is 71.6 Å². The Morgan fingerprint density at radius 2 is 1.38 bits per heavy atom. The molecule has 2 rings (SSSR count). The van der Waals surface area contributed by atoms with Gasteiger partial charge in [-0.2, -0.15) is 0 Å². The Morgan fingerprint density at radius 1 is 0.912 bits per heavy atom. The Labute approximate surface area is 204 Å². The summed E-state index contributed by atoms with van der Waals surface area (Å²) in [7, 11) is -2.71. The minimum absolute atomic E-state index is 0.113. The Hall–Kier alpha value is -2.64. The number of carboxylic acid groups (broad SMARTS) is 1. The number of hydrogen-bond donors (Lipinski definition) is 2. The average Bonchev–Trinajstić information content (AvgIpc) is 2.73. The largest absolute Gasteiger partial charge is 0.480 e. The van der Waals surface area contributed by atoms with Gasteiger partial charge in [0.2, 0.25) is 0 Å². The summed E-state index contributed by atoms with van der Waals surface area (Å²) in [5, 5.41) is 14.3. The van der Waals surface area contributed by atoms with Gasteiger partial charge in [-0.25, -0.2) is 9.59 Å². The van der Waals surface area contributed by atoms with Gasteiger partial charge < -0.3 is 19.6 Å². The summed E-state index contributed by atoms with van der Waals surface area (Å²) in [4.78, 5) is 24.0. The number of aliphatic carboxylic acids is 1. The third kappa shape index (κ3) is 7.18. The quantitative estimate of drug-likeness (QED) is 0.509. The molecule has 0 aliphatic rings. The van der Waals surface area contributed by atoms with Gasteiger partial charge in [0.1, 0.15) is 11.6 Å². The van der Waals surface area contributed by atoms with Crippen molar-refractivity contribution in [1.29, 1.82) is 0 Å². The first-order chi connectivity index (χ1) is 15.8. The lowest BCUT2D eigenvalue weighted by molar-refractivity contribution is -0.140. The number of carbonyl (C=O) groups is 2. The number of carboxylic acids is 1. The number of nitrogens with one attached hydrogen (secondary N) is 1. The van der Waals surface area contributed by atoms with E-state index >= 15 is 0 Å². The number of hydrogen-bond acceptors (Lipinski definition) is 4. The molecule has 0 fully saturated rings. The van der Waals surface area contributed by atoms with E-state index < -0.39 is 32.0 Å². The first-order valence-corrected chi connectivity index (χ1v) is 13.6. The average molecular weight is 486 g/mol. The molecule has 1 amide bonds. The predicted octanol–water partition coefficient (Wildman–Crippen LogP) is 4.57. The van der Waals surface area contributed by atoms with E-state index in [0.29, 0.717) is 6.61 Å². The van der Waals surface area contributed by atoms with Crippen LogP contribution in [-0.2, 0) is 14.0 Å². The van der Waals surface area contributed by atoms with Gasteiger partial charge in [0.25, 0.3) is 8.32 Å². The molecule has 2 aromatic rings. The summed E-state index contributed by atoms with van der Waals surface area (Å²) < 4.78 is 12.1. The molecule has 34 heavy (non-hydrogen) atoms. The fraction of sp³-hybridized carbons (Fsp3) is 0.481. The van der Waals surface area contributed by atoms with Crippen molar-refractivity contribution in [3.8, 4) is 0 Å². The van der Waals surface area contributed by atoms with Gasteiger partial charge in [-0.05, 0) is 48.5 Å². The van der Waals surface area contributed by atoms with Crippen molar-refractivity contribution < 1.29 is 23.9 Å². The molecule has 0 spiro atoms. The zero-order valence-electron chi connectivity index (χ0n) is 21.4. The molecule has 0 aromatic heterocycles. The summed E-state index contributed by atoms with van der Waals surface area (Å²) in [6.45, 7) is 14.1. The Balaban J connectivity index is 2.27. The van der Waals surface area contributed by atoms with Gasteiger partial charge in [0.15, 0.2) is 0 Å². The zero-order valence-corrected chi connectivity index (χ0v) is 22.4. The summed E-state index contributed by atoms with van der Waals surface area (Å²) in [5.41, 5.74) is -0.703. The molecule has 2 aromatic carbocycles. The molecule has 0 bridgehead atoms. The van der Waals surface area contributed by atoms with E-state index in [1.807, 2.05) is 43.3 Å². The molecule has 2 N–H and O–H groups in total. The van der Waals surface area contributed by atoms with Crippen LogP contribution in [0.1, 0.15) is 54.9 Å². The van der Waals surface area contributed by atoms with E-state index in [4.69, 9.17) is 9.16 Å². The highest BCUT2D eigenvalue weighted by Gasteiger charge is 2.50. The molecule has 7 heteroatoms. The maximum atomic E-state index is 12.2. The second kappa shape index (κ2) is 11.2. The van der Waals surface area contributed by atoms with Crippen LogP contribution >= 0.6 is 0 Å². The van der Waals surface area contributed by atoms with Crippen molar-refractivity contribution in [3.05, 3.63) is 60.7 Å². The highest BCUT2D eigenvalue weighted by atomic mass is 28.4. The Bertz CT molecular complexity index is 895. The van der Waals surface area contributed by atoms with Gasteiger partial charge >= 0.3 is 12.1 Å². The maximum absolute atomic E-state index is 12.2. The number of amides is 1. The number of alkyl carbamates (subject to hydrolysis) is 1. The van der Waals surface area contributed by atoms with Gasteiger partial charge in [-0.1, -0.05) is 88.4 Å². The fourth-order valence-corrected chi connectivity index (χ4v) is 8.86. The lowest BCUT2D eigenvalue weighted by Crippen LogP contribution is -2.66. The lowest BCUT2D eigenvalue weighted by atomic mass is 10.0. The first kappa shape index (κ1) is 27.6. The Kier molecular flexibility index (Phi) is 9.08. The number of benzene rings is 2. The summed E-state index contributed by atoms with van der Waals surface area (Å²) >= 11 is 0. The van der Waals surface area contributed by atoms with Crippen LogP contribution < -0.4 is 15.7 Å². The summed E-state index contributed by atoms with van der Waals surface area (Å²) in [5.74, 6) is -1.21. The first-order valence-electron chi connectivity index (χ1n) is 11.7. The topological polar surface area (TPSA) is 84.9 Å². The van der Waals surface area contributed by atoms with E-state index in [1.54, 1.807) is 20.8 Å². The van der Waals surface area contributed by atoms with Gasteiger partial charge in [-0.3, -0.25) is 0 Å². The van der Waals surface area contributed by atoms with Crippen molar-refractivity contribution in [3.63, 3.8) is 0 Å². The molecule has 0 unspecified atom stereocenters. The molecule has 0 saturated carbocycles. The third-order valence-electron chi connectivity index (χ3n) is 5.63. The molecule has 0 aliphatic carbocycles. The van der Waals surface area contributed by atoms with Gasteiger partial charge in [-0.15, -0.1) is 0 Å². The maximum Gasteiger partial charge on any atom is 0.408 e. The minimum atomic E-state index is -2.71. The minimum Gasteiger partial charge on any atom is -0.480 e. The van der Waals surface area contributed by atoms with Crippen molar-refractivity contribution >= 4 is 30.8 Å². The summed E-state index contributed by atoms with van der Waals surface area (Å²) in [6, 6.07) is 19.6. The highest BCUT2D eigenvalue weighted by Crippen LogP contribution is 2.37. The smallest absolute Gasteiger partial charge is 0.408 e. The van der Waals surface area contributed by atoms with E-state index in [-0.39, 0.29) is 17.4 Å². The molecule has 6 nitrogen and oxygen atoms in total. The number of ether oxygens (including phenoxy) is 1. The molecule has 0 heterocycles. The van der Waals surface area contributed by atoms with Gasteiger partial charge in [0, 0.05) is 6.61 Å². The fourth-order valence-electron chi connectivity index (χ4n) is 4.17. The van der Waals surface area contributed by atoms with Crippen LogP contribution in [0.25, 0.3) is 0 Å². The van der Waals surface area contributed by atoms with Crippen LogP contribution in [0, 0.1) is 5.92 Å². The summed E-state index contributed by atoms with van der Waals surface area (Å²) in [6.07, 6.45) is -0.507. The van der Waals surface area contributed by atoms with E-state index in [1.165, 1.54) is 10.4 Å².